The number of nitrogens with zero attached hydrogens (tertiary/aromatic N) is 2. The van der Waals surface area contributed by atoms with Gasteiger partial charge in [0.05, 0.1) is 0 Å². The Labute approximate surface area is 72.1 Å². The zero-order chi connectivity index (χ0) is 9.52. The Hall–Kier alpha value is -1.06. The SMILES string of the molecule is CCN1C(=O)N(C)C(=O)C1(C)C. The molecule has 1 rings (SSSR count). The van der Waals surface area contributed by atoms with Gasteiger partial charge in [-0.15, -0.1) is 0 Å². The summed E-state index contributed by atoms with van der Waals surface area (Å²) in [6.07, 6.45) is 0. The van der Waals surface area contributed by atoms with Crippen LogP contribution in [0.4, 0.5) is 4.79 Å². The van der Waals surface area contributed by atoms with E-state index in [2.05, 4.69) is 0 Å². The minimum absolute atomic E-state index is 0.130. The van der Waals surface area contributed by atoms with Crippen LogP contribution < -0.4 is 0 Å². The first-order valence-electron chi connectivity index (χ1n) is 4.02. The van der Waals surface area contributed by atoms with E-state index in [0.717, 1.165) is 0 Å². The maximum Gasteiger partial charge on any atom is 0.327 e. The lowest BCUT2D eigenvalue weighted by Crippen LogP contribution is -2.43. The van der Waals surface area contributed by atoms with Crippen LogP contribution in [0.15, 0.2) is 0 Å². The summed E-state index contributed by atoms with van der Waals surface area (Å²) in [5.41, 5.74) is -0.666. The predicted molar refractivity (Wildman–Crippen MR) is 44.6 cm³/mol. The average molecular weight is 170 g/mol. The number of likely N-dealkylation sites (N-methyl/N-ethyl adjacent to an activating group) is 2. The summed E-state index contributed by atoms with van der Waals surface area (Å²) in [5.74, 6) is -0.130. The predicted octanol–water partition coefficient (Wildman–Crippen LogP) is 0.679. The third kappa shape index (κ3) is 0.906. The van der Waals surface area contributed by atoms with Crippen molar-refractivity contribution in [1.29, 1.82) is 0 Å². The standard InChI is InChI=1S/C8H14N2O2/c1-5-10-7(12)9(4)6(11)8(10,2)3/h5H2,1-4H3. The van der Waals surface area contributed by atoms with Crippen LogP contribution >= 0.6 is 0 Å². The highest BCUT2D eigenvalue weighted by Gasteiger charge is 2.48. The van der Waals surface area contributed by atoms with E-state index in [0.29, 0.717) is 6.54 Å². The van der Waals surface area contributed by atoms with Crippen LogP contribution in [-0.2, 0) is 4.79 Å². The van der Waals surface area contributed by atoms with Gasteiger partial charge in [0.1, 0.15) is 5.54 Å². The maximum absolute atomic E-state index is 11.5. The lowest BCUT2D eigenvalue weighted by molar-refractivity contribution is -0.130. The van der Waals surface area contributed by atoms with Gasteiger partial charge in [0, 0.05) is 13.6 Å². The Morgan fingerprint density at radius 3 is 2.00 bits per heavy atom. The van der Waals surface area contributed by atoms with Crippen molar-refractivity contribution >= 4 is 11.9 Å². The van der Waals surface area contributed by atoms with E-state index in [1.807, 2.05) is 6.92 Å². The highest BCUT2D eigenvalue weighted by atomic mass is 16.2. The van der Waals surface area contributed by atoms with Crippen LogP contribution in [0.5, 0.6) is 0 Å². The number of carbonyl (C=O) groups is 2. The summed E-state index contributed by atoms with van der Waals surface area (Å²) in [6.45, 7) is 5.97. The molecule has 0 spiro atoms. The molecule has 0 aliphatic carbocycles. The fraction of sp³-hybridized carbons (Fsp3) is 0.750. The number of rotatable bonds is 1. The summed E-state index contributed by atoms with van der Waals surface area (Å²) in [6, 6.07) is -0.201. The van der Waals surface area contributed by atoms with E-state index in [4.69, 9.17) is 0 Å². The molecule has 4 heteroatoms. The molecule has 0 bridgehead atoms. The van der Waals surface area contributed by atoms with Crippen molar-refractivity contribution in [3.8, 4) is 0 Å². The topological polar surface area (TPSA) is 40.6 Å². The largest absolute Gasteiger partial charge is 0.327 e. The zero-order valence-corrected chi connectivity index (χ0v) is 7.92. The van der Waals surface area contributed by atoms with Gasteiger partial charge in [-0.2, -0.15) is 0 Å². The smallest absolute Gasteiger partial charge is 0.310 e. The molecule has 1 fully saturated rings. The van der Waals surface area contributed by atoms with E-state index < -0.39 is 5.54 Å². The third-order valence-electron chi connectivity index (χ3n) is 2.34. The molecule has 0 aromatic heterocycles. The summed E-state index contributed by atoms with van der Waals surface area (Å²) < 4.78 is 0. The van der Waals surface area contributed by atoms with Crippen molar-refractivity contribution in [2.75, 3.05) is 13.6 Å². The van der Waals surface area contributed by atoms with E-state index >= 15 is 0 Å². The van der Waals surface area contributed by atoms with E-state index in [1.54, 1.807) is 18.7 Å². The molecule has 0 atom stereocenters. The van der Waals surface area contributed by atoms with Crippen molar-refractivity contribution in [1.82, 2.24) is 9.80 Å². The van der Waals surface area contributed by atoms with Crippen molar-refractivity contribution < 1.29 is 9.59 Å². The molecule has 1 heterocycles. The fourth-order valence-corrected chi connectivity index (χ4v) is 1.56. The summed E-state index contributed by atoms with van der Waals surface area (Å²) in [5, 5.41) is 0. The Kier molecular flexibility index (Phi) is 1.86. The van der Waals surface area contributed by atoms with Gasteiger partial charge in [0.2, 0.25) is 0 Å². The van der Waals surface area contributed by atoms with Gasteiger partial charge in [0.15, 0.2) is 0 Å². The molecular formula is C8H14N2O2. The Bertz CT molecular complexity index is 235. The van der Waals surface area contributed by atoms with Crippen LogP contribution in [0.2, 0.25) is 0 Å². The van der Waals surface area contributed by atoms with Gasteiger partial charge >= 0.3 is 6.03 Å². The van der Waals surface area contributed by atoms with Crippen LogP contribution in [-0.4, -0.2) is 40.9 Å². The Morgan fingerprint density at radius 1 is 1.33 bits per heavy atom. The highest BCUT2D eigenvalue weighted by Crippen LogP contribution is 2.25. The van der Waals surface area contributed by atoms with Gasteiger partial charge in [-0.25, -0.2) is 4.79 Å². The molecule has 1 aliphatic heterocycles. The summed E-state index contributed by atoms with van der Waals surface area (Å²) >= 11 is 0. The summed E-state index contributed by atoms with van der Waals surface area (Å²) in [4.78, 5) is 25.6. The van der Waals surface area contributed by atoms with Gasteiger partial charge < -0.3 is 4.90 Å². The lowest BCUT2D eigenvalue weighted by Gasteiger charge is -2.25. The fourth-order valence-electron chi connectivity index (χ4n) is 1.56. The molecule has 0 aromatic rings. The van der Waals surface area contributed by atoms with Gasteiger partial charge in [0.25, 0.3) is 5.91 Å². The second-order valence-electron chi connectivity index (χ2n) is 3.45. The number of carbonyl (C=O) groups excluding carboxylic acids is 2. The first-order chi connectivity index (χ1) is 5.42. The molecule has 0 N–H and O–H groups in total. The lowest BCUT2D eigenvalue weighted by atomic mass is 10.0. The number of urea groups is 1. The zero-order valence-electron chi connectivity index (χ0n) is 7.92. The van der Waals surface area contributed by atoms with Crippen LogP contribution in [0.1, 0.15) is 20.8 Å². The van der Waals surface area contributed by atoms with Crippen LogP contribution in [0.3, 0.4) is 0 Å². The molecule has 0 saturated carbocycles. The molecule has 1 saturated heterocycles. The van der Waals surface area contributed by atoms with Crippen molar-refractivity contribution in [2.24, 2.45) is 0 Å². The molecule has 4 nitrogen and oxygen atoms in total. The minimum atomic E-state index is -0.666. The minimum Gasteiger partial charge on any atom is -0.310 e. The molecule has 12 heavy (non-hydrogen) atoms. The normalized spacial score (nSPS) is 22.3. The first-order valence-corrected chi connectivity index (χ1v) is 4.02. The molecule has 0 unspecified atom stereocenters. The molecular weight excluding hydrogens is 156 g/mol. The second kappa shape index (κ2) is 2.47. The second-order valence-corrected chi connectivity index (χ2v) is 3.45. The number of amides is 3. The number of hydrogen-bond acceptors (Lipinski definition) is 2. The van der Waals surface area contributed by atoms with Crippen molar-refractivity contribution in [3.63, 3.8) is 0 Å². The molecule has 1 aliphatic rings. The van der Waals surface area contributed by atoms with E-state index in [-0.39, 0.29) is 11.9 Å². The first kappa shape index (κ1) is 9.03. The maximum atomic E-state index is 11.5. The highest BCUT2D eigenvalue weighted by molar-refractivity contribution is 6.06. The molecule has 3 amide bonds. The molecule has 68 valence electrons. The number of hydrogen-bond donors (Lipinski definition) is 0. The summed E-state index contributed by atoms with van der Waals surface area (Å²) in [7, 11) is 1.52. The van der Waals surface area contributed by atoms with Crippen LogP contribution in [0, 0.1) is 0 Å². The van der Waals surface area contributed by atoms with Gasteiger partial charge in [-0.1, -0.05) is 0 Å². The average Bonchev–Trinajstić information content (AvgIpc) is 2.13. The molecule has 0 aromatic carbocycles. The molecule has 0 radical (unpaired) electrons. The Morgan fingerprint density at radius 2 is 1.83 bits per heavy atom. The quantitative estimate of drug-likeness (QED) is 0.543. The van der Waals surface area contributed by atoms with E-state index in [9.17, 15) is 9.59 Å². The third-order valence-corrected chi connectivity index (χ3v) is 2.34. The van der Waals surface area contributed by atoms with Gasteiger partial charge in [-0.05, 0) is 20.8 Å². The van der Waals surface area contributed by atoms with Crippen molar-refractivity contribution in [3.05, 3.63) is 0 Å². The van der Waals surface area contributed by atoms with E-state index in [1.165, 1.54) is 11.9 Å². The monoisotopic (exact) mass is 170 g/mol. The number of imide groups is 1. The van der Waals surface area contributed by atoms with Crippen LogP contribution in [0.25, 0.3) is 0 Å². The van der Waals surface area contributed by atoms with Crippen molar-refractivity contribution in [2.45, 2.75) is 26.3 Å². The van der Waals surface area contributed by atoms with Gasteiger partial charge in [-0.3, -0.25) is 9.69 Å². The Balaban J connectivity index is 3.04.